The van der Waals surface area contributed by atoms with Gasteiger partial charge in [0.2, 0.25) is 0 Å². The summed E-state index contributed by atoms with van der Waals surface area (Å²) < 4.78 is 0. The van der Waals surface area contributed by atoms with Crippen molar-refractivity contribution in [3.63, 3.8) is 0 Å². The third-order valence-electron chi connectivity index (χ3n) is 3.34. The Morgan fingerprint density at radius 2 is 2.15 bits per heavy atom. The zero-order valence-corrected chi connectivity index (χ0v) is 9.14. The van der Waals surface area contributed by atoms with Gasteiger partial charge >= 0.3 is 0 Å². The van der Waals surface area contributed by atoms with E-state index >= 15 is 0 Å². The van der Waals surface area contributed by atoms with E-state index in [0.717, 1.165) is 19.3 Å². The SMILES string of the molecule is CCC(O)(C1=CCCCC1)C(C)C. The standard InChI is InChI=1S/C12H22O/c1-4-12(13,10(2)3)11-8-6-5-7-9-11/h8,10,13H,4-7,9H2,1-3H3. The van der Waals surface area contributed by atoms with Crippen molar-refractivity contribution in [2.24, 2.45) is 5.92 Å². The second kappa shape index (κ2) is 4.28. The summed E-state index contributed by atoms with van der Waals surface area (Å²) in [5.41, 5.74) is 0.761. The van der Waals surface area contributed by atoms with Crippen LogP contribution in [0.5, 0.6) is 0 Å². The molecule has 1 aliphatic rings. The summed E-state index contributed by atoms with van der Waals surface area (Å²) in [5.74, 6) is 0.335. The fourth-order valence-corrected chi connectivity index (χ4v) is 2.24. The first-order valence-corrected chi connectivity index (χ1v) is 5.53. The molecule has 0 bridgehead atoms. The van der Waals surface area contributed by atoms with Gasteiger partial charge in [-0.15, -0.1) is 0 Å². The zero-order chi connectivity index (χ0) is 9.90. The Hall–Kier alpha value is -0.300. The van der Waals surface area contributed by atoms with Crippen molar-refractivity contribution in [1.29, 1.82) is 0 Å². The molecule has 0 heterocycles. The van der Waals surface area contributed by atoms with Crippen molar-refractivity contribution < 1.29 is 5.11 Å². The third kappa shape index (κ3) is 2.14. The van der Waals surface area contributed by atoms with Crippen LogP contribution in [0.2, 0.25) is 0 Å². The van der Waals surface area contributed by atoms with Crippen LogP contribution < -0.4 is 0 Å². The molecule has 0 radical (unpaired) electrons. The molecule has 0 spiro atoms. The summed E-state index contributed by atoms with van der Waals surface area (Å²) in [4.78, 5) is 0. The Labute approximate surface area is 81.9 Å². The molecule has 0 amide bonds. The van der Waals surface area contributed by atoms with E-state index in [1.54, 1.807) is 0 Å². The minimum Gasteiger partial charge on any atom is -0.385 e. The van der Waals surface area contributed by atoms with Gasteiger partial charge in [-0.3, -0.25) is 0 Å². The van der Waals surface area contributed by atoms with Gasteiger partial charge in [-0.1, -0.05) is 26.8 Å². The first-order valence-electron chi connectivity index (χ1n) is 5.53. The molecule has 0 aliphatic heterocycles. The Bertz CT molecular complexity index is 193. The van der Waals surface area contributed by atoms with E-state index in [1.165, 1.54) is 18.4 Å². The van der Waals surface area contributed by atoms with Crippen LogP contribution in [-0.2, 0) is 0 Å². The summed E-state index contributed by atoms with van der Waals surface area (Å²) >= 11 is 0. The smallest absolute Gasteiger partial charge is 0.0876 e. The first kappa shape index (κ1) is 10.8. The first-order chi connectivity index (χ1) is 6.11. The second-order valence-electron chi connectivity index (χ2n) is 4.41. The number of allylic oxidation sites excluding steroid dienone is 1. The van der Waals surface area contributed by atoms with Crippen LogP contribution in [0, 0.1) is 5.92 Å². The van der Waals surface area contributed by atoms with Gasteiger partial charge in [0, 0.05) is 0 Å². The maximum absolute atomic E-state index is 10.5. The average Bonchev–Trinajstić information content (AvgIpc) is 2.17. The summed E-state index contributed by atoms with van der Waals surface area (Å²) in [6, 6.07) is 0. The monoisotopic (exact) mass is 182 g/mol. The Morgan fingerprint density at radius 3 is 2.54 bits per heavy atom. The second-order valence-corrected chi connectivity index (χ2v) is 4.41. The lowest BCUT2D eigenvalue weighted by Gasteiger charge is -2.35. The summed E-state index contributed by atoms with van der Waals surface area (Å²) in [7, 11) is 0. The highest BCUT2D eigenvalue weighted by molar-refractivity contribution is 5.19. The third-order valence-corrected chi connectivity index (χ3v) is 3.34. The molecule has 1 atom stereocenters. The van der Waals surface area contributed by atoms with Crippen LogP contribution in [0.3, 0.4) is 0 Å². The molecule has 1 unspecified atom stereocenters. The molecule has 1 aliphatic carbocycles. The highest BCUT2D eigenvalue weighted by Crippen LogP contribution is 2.35. The normalized spacial score (nSPS) is 22.7. The van der Waals surface area contributed by atoms with Gasteiger partial charge in [0.1, 0.15) is 0 Å². The number of aliphatic hydroxyl groups is 1. The molecular weight excluding hydrogens is 160 g/mol. The van der Waals surface area contributed by atoms with E-state index in [4.69, 9.17) is 0 Å². The summed E-state index contributed by atoms with van der Waals surface area (Å²) in [6.07, 6.45) is 7.90. The fourth-order valence-electron chi connectivity index (χ4n) is 2.24. The Morgan fingerprint density at radius 1 is 1.46 bits per heavy atom. The molecule has 0 saturated carbocycles. The van der Waals surface area contributed by atoms with Gasteiger partial charge in [-0.2, -0.15) is 0 Å². The van der Waals surface area contributed by atoms with Crippen LogP contribution in [0.25, 0.3) is 0 Å². The van der Waals surface area contributed by atoms with Gasteiger partial charge in [-0.25, -0.2) is 0 Å². The van der Waals surface area contributed by atoms with Crippen molar-refractivity contribution in [2.45, 2.75) is 58.5 Å². The lowest BCUT2D eigenvalue weighted by molar-refractivity contribution is 0.0229. The highest BCUT2D eigenvalue weighted by Gasteiger charge is 2.33. The minimum atomic E-state index is -0.527. The van der Waals surface area contributed by atoms with E-state index in [-0.39, 0.29) is 0 Å². The predicted molar refractivity (Wildman–Crippen MR) is 56.6 cm³/mol. The molecule has 1 nitrogen and oxygen atoms in total. The van der Waals surface area contributed by atoms with E-state index in [2.05, 4.69) is 26.8 Å². The van der Waals surface area contributed by atoms with Crippen molar-refractivity contribution in [3.05, 3.63) is 11.6 Å². The van der Waals surface area contributed by atoms with Gasteiger partial charge in [0.25, 0.3) is 0 Å². The molecule has 1 rings (SSSR count). The largest absolute Gasteiger partial charge is 0.385 e. The van der Waals surface area contributed by atoms with E-state index in [0.29, 0.717) is 5.92 Å². The molecule has 0 saturated heterocycles. The van der Waals surface area contributed by atoms with E-state index in [1.807, 2.05) is 0 Å². The molecular formula is C12H22O. The topological polar surface area (TPSA) is 20.2 Å². The predicted octanol–water partition coefficient (Wildman–Crippen LogP) is 3.28. The number of rotatable bonds is 3. The zero-order valence-electron chi connectivity index (χ0n) is 9.14. The molecule has 0 aromatic heterocycles. The summed E-state index contributed by atoms with van der Waals surface area (Å²) in [5, 5.41) is 10.5. The van der Waals surface area contributed by atoms with Crippen LogP contribution in [0.1, 0.15) is 52.9 Å². The van der Waals surface area contributed by atoms with Crippen molar-refractivity contribution >= 4 is 0 Å². The van der Waals surface area contributed by atoms with Crippen LogP contribution in [0.4, 0.5) is 0 Å². The lowest BCUT2D eigenvalue weighted by Crippen LogP contribution is -2.37. The number of hydrogen-bond acceptors (Lipinski definition) is 1. The Kier molecular flexibility index (Phi) is 3.55. The molecule has 1 heteroatoms. The van der Waals surface area contributed by atoms with Crippen LogP contribution >= 0.6 is 0 Å². The molecule has 0 aromatic rings. The molecule has 0 aromatic carbocycles. The molecule has 76 valence electrons. The summed E-state index contributed by atoms with van der Waals surface area (Å²) in [6.45, 7) is 6.30. The van der Waals surface area contributed by atoms with Gasteiger partial charge in [0.05, 0.1) is 5.60 Å². The number of hydrogen-bond donors (Lipinski definition) is 1. The van der Waals surface area contributed by atoms with E-state index in [9.17, 15) is 5.11 Å². The molecule has 13 heavy (non-hydrogen) atoms. The van der Waals surface area contributed by atoms with Crippen molar-refractivity contribution in [3.8, 4) is 0 Å². The molecule has 1 N–H and O–H groups in total. The average molecular weight is 182 g/mol. The van der Waals surface area contributed by atoms with E-state index < -0.39 is 5.60 Å². The highest BCUT2D eigenvalue weighted by atomic mass is 16.3. The van der Waals surface area contributed by atoms with Crippen LogP contribution in [-0.4, -0.2) is 10.7 Å². The van der Waals surface area contributed by atoms with Gasteiger partial charge in [-0.05, 0) is 43.6 Å². The van der Waals surface area contributed by atoms with Gasteiger partial charge < -0.3 is 5.11 Å². The maximum atomic E-state index is 10.5. The van der Waals surface area contributed by atoms with Gasteiger partial charge in [0.15, 0.2) is 0 Å². The maximum Gasteiger partial charge on any atom is 0.0876 e. The molecule has 0 fully saturated rings. The minimum absolute atomic E-state index is 0.335. The fraction of sp³-hybridized carbons (Fsp3) is 0.833. The van der Waals surface area contributed by atoms with Crippen molar-refractivity contribution in [1.82, 2.24) is 0 Å². The quantitative estimate of drug-likeness (QED) is 0.664. The lowest BCUT2D eigenvalue weighted by atomic mass is 9.77. The van der Waals surface area contributed by atoms with Crippen LogP contribution in [0.15, 0.2) is 11.6 Å². The van der Waals surface area contributed by atoms with Crippen molar-refractivity contribution in [2.75, 3.05) is 0 Å². The Balaban J connectivity index is 2.80.